The highest BCUT2D eigenvalue weighted by Gasteiger charge is 2.19. The maximum atomic E-state index is 11.5. The lowest BCUT2D eigenvalue weighted by Gasteiger charge is -2.14. The van der Waals surface area contributed by atoms with Crippen molar-refractivity contribution in [2.75, 3.05) is 12.0 Å². The van der Waals surface area contributed by atoms with Gasteiger partial charge in [-0.3, -0.25) is 4.79 Å². The molecule has 0 aromatic heterocycles. The van der Waals surface area contributed by atoms with Crippen molar-refractivity contribution >= 4 is 23.6 Å². The highest BCUT2D eigenvalue weighted by atomic mass is 32.2. The van der Waals surface area contributed by atoms with Crippen molar-refractivity contribution < 1.29 is 14.7 Å². The molecule has 1 atom stereocenters. The van der Waals surface area contributed by atoms with Gasteiger partial charge in [0.25, 0.3) is 0 Å². The number of aliphatic carboxylic acids is 1. The van der Waals surface area contributed by atoms with Crippen LogP contribution in [0.5, 0.6) is 0 Å². The minimum Gasteiger partial charge on any atom is -0.480 e. The molecule has 0 spiro atoms. The fourth-order valence-corrected chi connectivity index (χ4v) is 1.90. The smallest absolute Gasteiger partial charge is 0.326 e. The molecule has 0 aliphatic heterocycles. The van der Waals surface area contributed by atoms with Crippen LogP contribution in [0.2, 0.25) is 0 Å². The van der Waals surface area contributed by atoms with E-state index >= 15 is 0 Å². The zero-order chi connectivity index (χ0) is 13.4. The molecule has 0 fully saturated rings. The molecule has 0 aliphatic rings. The van der Waals surface area contributed by atoms with Gasteiger partial charge in [0, 0.05) is 18.6 Å². The number of rotatable bonds is 7. The summed E-state index contributed by atoms with van der Waals surface area (Å²) in [6.45, 7) is 0. The minimum atomic E-state index is -1.00. The minimum absolute atomic E-state index is 0.215. The van der Waals surface area contributed by atoms with Gasteiger partial charge in [-0.05, 0) is 11.8 Å². The number of amides is 1. The molecule has 0 heterocycles. The molecule has 18 heavy (non-hydrogen) atoms. The molecular weight excluding hydrogens is 250 g/mol. The standard InChI is InChI=1S/C13H17NO3S/c1-18-8-7-12(15)14-11(13(16)17)9-10-5-3-2-4-6-10/h2-6,11H,7-9H2,1H3,(H,14,15)(H,16,17)/t11-/m0/s1. The van der Waals surface area contributed by atoms with Crippen molar-refractivity contribution in [1.29, 1.82) is 0 Å². The van der Waals surface area contributed by atoms with Crippen LogP contribution in [0, 0.1) is 0 Å². The van der Waals surface area contributed by atoms with Crippen molar-refractivity contribution in [1.82, 2.24) is 5.32 Å². The predicted octanol–water partition coefficient (Wildman–Crippen LogP) is 1.55. The molecular formula is C13H17NO3S. The third-order valence-corrected chi connectivity index (χ3v) is 3.06. The van der Waals surface area contributed by atoms with Crippen LogP contribution in [0.4, 0.5) is 0 Å². The molecule has 1 amide bonds. The average molecular weight is 267 g/mol. The van der Waals surface area contributed by atoms with Crippen molar-refractivity contribution in [3.05, 3.63) is 35.9 Å². The predicted molar refractivity (Wildman–Crippen MR) is 72.7 cm³/mol. The topological polar surface area (TPSA) is 66.4 Å². The van der Waals surface area contributed by atoms with E-state index in [4.69, 9.17) is 5.11 Å². The summed E-state index contributed by atoms with van der Waals surface area (Å²) in [6.07, 6.45) is 2.56. The second-order valence-electron chi connectivity index (χ2n) is 3.89. The van der Waals surface area contributed by atoms with E-state index in [0.29, 0.717) is 18.6 Å². The molecule has 0 aliphatic carbocycles. The van der Waals surface area contributed by atoms with E-state index in [2.05, 4.69) is 5.32 Å². The van der Waals surface area contributed by atoms with Crippen molar-refractivity contribution in [3.63, 3.8) is 0 Å². The summed E-state index contributed by atoms with van der Waals surface area (Å²) < 4.78 is 0. The zero-order valence-electron chi connectivity index (χ0n) is 10.3. The van der Waals surface area contributed by atoms with E-state index in [0.717, 1.165) is 5.56 Å². The van der Waals surface area contributed by atoms with Crippen LogP contribution in [0.3, 0.4) is 0 Å². The van der Waals surface area contributed by atoms with E-state index in [1.165, 1.54) is 0 Å². The lowest BCUT2D eigenvalue weighted by Crippen LogP contribution is -2.42. The van der Waals surface area contributed by atoms with Crippen LogP contribution in [0.1, 0.15) is 12.0 Å². The summed E-state index contributed by atoms with van der Waals surface area (Å²) in [6, 6.07) is 8.42. The van der Waals surface area contributed by atoms with Gasteiger partial charge in [-0.15, -0.1) is 0 Å². The summed E-state index contributed by atoms with van der Waals surface area (Å²) >= 11 is 1.56. The third-order valence-electron chi connectivity index (χ3n) is 2.45. The molecule has 98 valence electrons. The van der Waals surface area contributed by atoms with E-state index in [1.54, 1.807) is 11.8 Å². The molecule has 1 rings (SSSR count). The van der Waals surface area contributed by atoms with Crippen molar-refractivity contribution in [2.45, 2.75) is 18.9 Å². The number of carbonyl (C=O) groups excluding carboxylic acids is 1. The van der Waals surface area contributed by atoms with Crippen LogP contribution in [-0.4, -0.2) is 35.0 Å². The number of hydrogen-bond acceptors (Lipinski definition) is 3. The summed E-state index contributed by atoms with van der Waals surface area (Å²) in [7, 11) is 0. The second-order valence-corrected chi connectivity index (χ2v) is 4.88. The summed E-state index contributed by atoms with van der Waals surface area (Å²) in [4.78, 5) is 22.6. The van der Waals surface area contributed by atoms with Gasteiger partial charge < -0.3 is 10.4 Å². The number of carboxylic acids is 1. The molecule has 0 saturated heterocycles. The zero-order valence-corrected chi connectivity index (χ0v) is 11.1. The normalized spacial score (nSPS) is 11.8. The number of hydrogen-bond donors (Lipinski definition) is 2. The molecule has 5 heteroatoms. The summed E-state index contributed by atoms with van der Waals surface area (Å²) in [5, 5.41) is 11.6. The molecule has 0 bridgehead atoms. The Labute approximate surface area is 111 Å². The van der Waals surface area contributed by atoms with Gasteiger partial charge in [0.1, 0.15) is 6.04 Å². The lowest BCUT2D eigenvalue weighted by molar-refractivity contribution is -0.141. The molecule has 0 unspecified atom stereocenters. The molecule has 0 radical (unpaired) electrons. The number of carbonyl (C=O) groups is 2. The molecule has 1 aromatic carbocycles. The van der Waals surface area contributed by atoms with Crippen molar-refractivity contribution in [2.24, 2.45) is 0 Å². The van der Waals surface area contributed by atoms with Gasteiger partial charge in [-0.1, -0.05) is 30.3 Å². The Bertz CT molecular complexity index is 394. The first kappa shape index (κ1) is 14.6. The van der Waals surface area contributed by atoms with E-state index in [-0.39, 0.29) is 5.91 Å². The Morgan fingerprint density at radius 1 is 1.33 bits per heavy atom. The van der Waals surface area contributed by atoms with Crippen LogP contribution < -0.4 is 5.32 Å². The number of carboxylic acid groups (broad SMARTS) is 1. The highest BCUT2D eigenvalue weighted by molar-refractivity contribution is 7.98. The Morgan fingerprint density at radius 3 is 2.56 bits per heavy atom. The maximum Gasteiger partial charge on any atom is 0.326 e. The van der Waals surface area contributed by atoms with Crippen molar-refractivity contribution in [3.8, 4) is 0 Å². The fraction of sp³-hybridized carbons (Fsp3) is 0.385. The largest absolute Gasteiger partial charge is 0.480 e. The lowest BCUT2D eigenvalue weighted by atomic mass is 10.1. The SMILES string of the molecule is CSCCC(=O)N[C@@H](Cc1ccccc1)C(=O)O. The first-order chi connectivity index (χ1) is 8.63. The van der Waals surface area contributed by atoms with Crippen LogP contribution in [0.15, 0.2) is 30.3 Å². The third kappa shape index (κ3) is 5.23. The van der Waals surface area contributed by atoms with Crippen LogP contribution >= 0.6 is 11.8 Å². The Kier molecular flexibility index (Phi) is 6.28. The van der Waals surface area contributed by atoms with Gasteiger partial charge in [-0.2, -0.15) is 11.8 Å². The van der Waals surface area contributed by atoms with Crippen LogP contribution in [-0.2, 0) is 16.0 Å². The molecule has 0 saturated carbocycles. The second kappa shape index (κ2) is 7.76. The Balaban J connectivity index is 2.55. The molecule has 4 nitrogen and oxygen atoms in total. The maximum absolute atomic E-state index is 11.5. The first-order valence-corrected chi connectivity index (χ1v) is 7.08. The van der Waals surface area contributed by atoms with E-state index in [1.807, 2.05) is 36.6 Å². The van der Waals surface area contributed by atoms with E-state index in [9.17, 15) is 9.59 Å². The quantitative estimate of drug-likeness (QED) is 0.786. The Hall–Kier alpha value is -1.49. The summed E-state index contributed by atoms with van der Waals surface area (Å²) in [5.41, 5.74) is 0.898. The van der Waals surface area contributed by atoms with Crippen LogP contribution in [0.25, 0.3) is 0 Å². The molecule has 2 N–H and O–H groups in total. The Morgan fingerprint density at radius 2 is 2.00 bits per heavy atom. The monoisotopic (exact) mass is 267 g/mol. The van der Waals surface area contributed by atoms with E-state index < -0.39 is 12.0 Å². The summed E-state index contributed by atoms with van der Waals surface area (Å²) in [5.74, 6) is -0.521. The number of nitrogens with one attached hydrogen (secondary N) is 1. The van der Waals surface area contributed by atoms with Gasteiger partial charge in [0.15, 0.2) is 0 Å². The van der Waals surface area contributed by atoms with Gasteiger partial charge in [0.2, 0.25) is 5.91 Å². The fourth-order valence-electron chi connectivity index (χ4n) is 1.51. The molecule has 1 aromatic rings. The highest BCUT2D eigenvalue weighted by Crippen LogP contribution is 2.04. The number of benzene rings is 1. The van der Waals surface area contributed by atoms with Gasteiger partial charge in [-0.25, -0.2) is 4.79 Å². The number of thioether (sulfide) groups is 1. The first-order valence-electron chi connectivity index (χ1n) is 5.68. The van der Waals surface area contributed by atoms with Gasteiger partial charge in [0.05, 0.1) is 0 Å². The van der Waals surface area contributed by atoms with Gasteiger partial charge >= 0.3 is 5.97 Å². The average Bonchev–Trinajstić information content (AvgIpc) is 2.36.